The number of aliphatic imine (C=N–C) groups is 1. The fourth-order valence-corrected chi connectivity index (χ4v) is 4.76. The van der Waals surface area contributed by atoms with Crippen LogP contribution in [-0.4, -0.2) is 69.0 Å². The van der Waals surface area contributed by atoms with E-state index in [2.05, 4.69) is 25.7 Å². The maximum Gasteiger partial charge on any atom is 0.261 e. The van der Waals surface area contributed by atoms with E-state index in [1.165, 1.54) is 17.7 Å². The molecule has 0 bridgehead atoms. The van der Waals surface area contributed by atoms with Gasteiger partial charge in [0.1, 0.15) is 11.2 Å². The lowest BCUT2D eigenvalue weighted by Gasteiger charge is -2.34. The van der Waals surface area contributed by atoms with Gasteiger partial charge in [0.05, 0.1) is 29.1 Å². The Hall–Kier alpha value is -2.60. The zero-order valence-electron chi connectivity index (χ0n) is 17.2. The molecule has 1 atom stereocenters. The molecule has 1 fully saturated rings. The summed E-state index contributed by atoms with van der Waals surface area (Å²) in [5, 5.41) is 23.9. The number of aliphatic hydroxyl groups excluding tert-OH is 2. The van der Waals surface area contributed by atoms with E-state index in [9.17, 15) is 9.90 Å². The summed E-state index contributed by atoms with van der Waals surface area (Å²) in [5.74, 6) is 0.304. The van der Waals surface area contributed by atoms with Crippen LogP contribution in [-0.2, 0) is 4.74 Å². The molecule has 4 rings (SSSR count). The van der Waals surface area contributed by atoms with Crippen LogP contribution in [0.1, 0.15) is 40.9 Å². The number of ether oxygens (including phenoxy) is 1. The summed E-state index contributed by atoms with van der Waals surface area (Å²) in [7, 11) is 0. The summed E-state index contributed by atoms with van der Waals surface area (Å²) in [6, 6.07) is 0. The van der Waals surface area contributed by atoms with Gasteiger partial charge < -0.3 is 20.3 Å². The van der Waals surface area contributed by atoms with Gasteiger partial charge in [0.25, 0.3) is 5.91 Å². The van der Waals surface area contributed by atoms with E-state index in [-0.39, 0.29) is 31.3 Å². The minimum absolute atomic E-state index is 0.0245. The fourth-order valence-electron chi connectivity index (χ4n) is 3.69. The van der Waals surface area contributed by atoms with Gasteiger partial charge >= 0.3 is 0 Å². The Bertz CT molecular complexity index is 985. The van der Waals surface area contributed by atoms with E-state index >= 15 is 0 Å². The van der Waals surface area contributed by atoms with Crippen LogP contribution in [0.2, 0.25) is 0 Å². The molecular weight excluding hydrogens is 420 g/mol. The van der Waals surface area contributed by atoms with Gasteiger partial charge in [-0.1, -0.05) is 0 Å². The summed E-state index contributed by atoms with van der Waals surface area (Å²) < 4.78 is 6.17. The Morgan fingerprint density at radius 1 is 1.32 bits per heavy atom. The molecule has 1 aliphatic carbocycles. The Morgan fingerprint density at radius 3 is 2.90 bits per heavy atom. The molecule has 0 spiro atoms. The number of carbonyl (C=O) groups excluding carboxylic acids is 1. The molecule has 2 aromatic rings. The Kier molecular flexibility index (Phi) is 6.76. The number of anilines is 1. The molecule has 31 heavy (non-hydrogen) atoms. The smallest absolute Gasteiger partial charge is 0.261 e. The Morgan fingerprint density at radius 2 is 2.13 bits per heavy atom. The fraction of sp³-hybridized carbons (Fsp3) is 0.500. The van der Waals surface area contributed by atoms with Crippen molar-refractivity contribution < 1.29 is 19.7 Å². The van der Waals surface area contributed by atoms with Crippen molar-refractivity contribution in [3.8, 4) is 0 Å². The molecule has 1 saturated carbocycles. The quantitative estimate of drug-likeness (QED) is 0.504. The number of aliphatic hydroxyl groups is 2. The van der Waals surface area contributed by atoms with Crippen LogP contribution in [0.25, 0.3) is 10.2 Å². The van der Waals surface area contributed by atoms with E-state index in [1.807, 2.05) is 13.1 Å². The van der Waals surface area contributed by atoms with E-state index in [1.54, 1.807) is 17.3 Å². The highest BCUT2D eigenvalue weighted by Crippen LogP contribution is 2.34. The lowest BCUT2D eigenvalue weighted by molar-refractivity contribution is -0.0920. The molecule has 1 amide bonds. The number of hydrogen-bond donors (Lipinski definition) is 4. The second kappa shape index (κ2) is 9.69. The van der Waals surface area contributed by atoms with Crippen molar-refractivity contribution >= 4 is 39.5 Å². The second-order valence-electron chi connectivity index (χ2n) is 7.49. The first-order valence-electron chi connectivity index (χ1n) is 10.3. The van der Waals surface area contributed by atoms with Crippen LogP contribution in [0.15, 0.2) is 23.6 Å². The SMILES string of the molecule is Cc1c(C(=O)NCCO)sc2ncnc(NN3C=CC=NC3OC3CCC(O)CC3)c12. The Balaban J connectivity index is 1.54. The maximum absolute atomic E-state index is 12.4. The first-order valence-corrected chi connectivity index (χ1v) is 11.1. The summed E-state index contributed by atoms with van der Waals surface area (Å²) >= 11 is 1.28. The Labute approximate surface area is 183 Å². The number of thiophene rings is 1. The third-order valence-electron chi connectivity index (χ3n) is 5.31. The van der Waals surface area contributed by atoms with Gasteiger partial charge in [-0.15, -0.1) is 11.3 Å². The molecule has 4 N–H and O–H groups in total. The molecule has 3 heterocycles. The number of aryl methyl sites for hydroxylation is 1. The lowest BCUT2D eigenvalue weighted by atomic mass is 9.95. The number of nitrogens with one attached hydrogen (secondary N) is 2. The largest absolute Gasteiger partial charge is 0.395 e. The number of carbonyl (C=O) groups is 1. The number of hydrogen-bond acceptors (Lipinski definition) is 10. The van der Waals surface area contributed by atoms with Crippen molar-refractivity contribution in [2.75, 3.05) is 18.6 Å². The summed E-state index contributed by atoms with van der Waals surface area (Å²) in [6.07, 6.45) is 9.00. The van der Waals surface area contributed by atoms with Crippen molar-refractivity contribution in [2.45, 2.75) is 51.2 Å². The van der Waals surface area contributed by atoms with Crippen LogP contribution >= 0.6 is 11.3 Å². The maximum atomic E-state index is 12.4. The van der Waals surface area contributed by atoms with Crippen LogP contribution in [0.3, 0.4) is 0 Å². The van der Waals surface area contributed by atoms with E-state index in [4.69, 9.17) is 9.84 Å². The summed E-state index contributed by atoms with van der Waals surface area (Å²) in [5.41, 5.74) is 4.02. The van der Waals surface area contributed by atoms with Gasteiger partial charge in [-0.3, -0.25) is 10.2 Å². The highest BCUT2D eigenvalue weighted by atomic mass is 32.1. The van der Waals surface area contributed by atoms with Crippen molar-refractivity contribution in [3.05, 3.63) is 29.0 Å². The van der Waals surface area contributed by atoms with Crippen molar-refractivity contribution in [3.63, 3.8) is 0 Å². The highest BCUT2D eigenvalue weighted by molar-refractivity contribution is 7.20. The standard InChI is InChI=1S/C20H26N6O4S/c1-12-15-17(23-11-24-19(15)31-16(12)18(29)21-8-10-27)25-26-9-2-7-22-20(26)30-14-5-3-13(28)4-6-14/h2,7,9,11,13-14,20,27-28H,3-6,8,10H2,1H3,(H,21,29)(H,23,24,25). The van der Waals surface area contributed by atoms with Gasteiger partial charge in [0.2, 0.25) is 6.35 Å². The van der Waals surface area contributed by atoms with E-state index in [0.29, 0.717) is 15.5 Å². The first-order chi connectivity index (χ1) is 15.1. The average Bonchev–Trinajstić information content (AvgIpc) is 3.12. The van der Waals surface area contributed by atoms with E-state index in [0.717, 1.165) is 36.6 Å². The molecule has 0 radical (unpaired) electrons. The molecule has 166 valence electrons. The van der Waals surface area contributed by atoms with Crippen LogP contribution in [0.5, 0.6) is 0 Å². The summed E-state index contributed by atoms with van der Waals surface area (Å²) in [6.45, 7) is 1.93. The van der Waals surface area contributed by atoms with Gasteiger partial charge in [-0.05, 0) is 44.2 Å². The number of fused-ring (bicyclic) bond motifs is 1. The van der Waals surface area contributed by atoms with Gasteiger partial charge in [-0.25, -0.2) is 20.0 Å². The highest BCUT2D eigenvalue weighted by Gasteiger charge is 2.27. The molecule has 0 saturated heterocycles. The van der Waals surface area contributed by atoms with Crippen LogP contribution in [0, 0.1) is 6.92 Å². The molecule has 0 aromatic carbocycles. The number of nitrogens with zero attached hydrogens (tertiary/aromatic N) is 4. The van der Waals surface area contributed by atoms with Gasteiger partial charge in [0.15, 0.2) is 5.82 Å². The zero-order valence-corrected chi connectivity index (χ0v) is 18.0. The molecule has 11 heteroatoms. The zero-order chi connectivity index (χ0) is 21.8. The van der Waals surface area contributed by atoms with Gasteiger partial charge in [0, 0.05) is 19.0 Å². The lowest BCUT2D eigenvalue weighted by Crippen LogP contribution is -2.41. The third-order valence-corrected chi connectivity index (χ3v) is 6.51. The van der Waals surface area contributed by atoms with Crippen molar-refractivity contribution in [1.82, 2.24) is 20.3 Å². The topological polar surface area (TPSA) is 132 Å². The number of rotatable bonds is 7. The van der Waals surface area contributed by atoms with Crippen molar-refractivity contribution in [2.24, 2.45) is 4.99 Å². The average molecular weight is 447 g/mol. The van der Waals surface area contributed by atoms with Crippen molar-refractivity contribution in [1.29, 1.82) is 0 Å². The predicted octanol–water partition coefficient (Wildman–Crippen LogP) is 1.55. The molecule has 1 aliphatic heterocycles. The minimum atomic E-state index is -0.568. The van der Waals surface area contributed by atoms with Crippen LogP contribution in [0.4, 0.5) is 5.82 Å². The number of aromatic nitrogens is 2. The second-order valence-corrected chi connectivity index (χ2v) is 8.49. The number of amides is 1. The van der Waals surface area contributed by atoms with Crippen LogP contribution < -0.4 is 10.7 Å². The predicted molar refractivity (Wildman–Crippen MR) is 118 cm³/mol. The number of allylic oxidation sites excluding steroid dienone is 1. The molecule has 2 aliphatic rings. The summed E-state index contributed by atoms with van der Waals surface area (Å²) in [4.78, 5) is 26.8. The molecule has 1 unspecified atom stereocenters. The molecule has 10 nitrogen and oxygen atoms in total. The molecular formula is C20H26N6O4S. The molecule has 2 aromatic heterocycles. The minimum Gasteiger partial charge on any atom is -0.395 e. The first kappa shape index (κ1) is 21.6. The normalized spacial score (nSPS) is 23.3. The van der Waals surface area contributed by atoms with E-state index < -0.39 is 6.35 Å². The monoisotopic (exact) mass is 446 g/mol. The van der Waals surface area contributed by atoms with Gasteiger partial charge in [-0.2, -0.15) is 0 Å². The third kappa shape index (κ3) is 4.85. The number of hydrazine groups is 1.